The predicted molar refractivity (Wildman–Crippen MR) is 92.0 cm³/mol. The molecule has 1 aromatic carbocycles. The summed E-state index contributed by atoms with van der Waals surface area (Å²) in [4.78, 5) is 14.7. The molecule has 3 nitrogen and oxygen atoms in total. The van der Waals surface area contributed by atoms with Crippen LogP contribution in [-0.2, 0) is 11.3 Å². The van der Waals surface area contributed by atoms with Crippen LogP contribution < -0.4 is 5.32 Å². The molecule has 0 radical (unpaired) electrons. The standard InChI is InChI=1S/C18H24F2N2O.ClH/c19-16-6-3-7-17(20)15(16)12-22(14-4-1-2-5-14)18(23)13-8-10-21-11-9-13;/h3,6-7,13-14,21H,1-2,4-5,8-12H2;1H. The summed E-state index contributed by atoms with van der Waals surface area (Å²) < 4.78 is 28.0. The summed E-state index contributed by atoms with van der Waals surface area (Å²) >= 11 is 0. The van der Waals surface area contributed by atoms with Crippen LogP contribution in [0.15, 0.2) is 18.2 Å². The Morgan fingerprint density at radius 1 is 1.08 bits per heavy atom. The second-order valence-electron chi connectivity index (χ2n) is 6.63. The molecule has 0 bridgehead atoms. The Kier molecular flexibility index (Phi) is 6.99. The summed E-state index contributed by atoms with van der Waals surface area (Å²) in [5.74, 6) is -1.08. The van der Waals surface area contributed by atoms with Gasteiger partial charge in [-0.25, -0.2) is 8.78 Å². The molecule has 1 aromatic rings. The lowest BCUT2D eigenvalue weighted by Crippen LogP contribution is -2.45. The number of rotatable bonds is 4. The molecule has 2 fully saturated rings. The Morgan fingerprint density at radius 3 is 2.25 bits per heavy atom. The number of nitrogens with one attached hydrogen (secondary N) is 1. The molecule has 134 valence electrons. The van der Waals surface area contributed by atoms with E-state index in [1.54, 1.807) is 4.90 Å². The molecule has 6 heteroatoms. The SMILES string of the molecule is Cl.O=C(C1CCNCC1)N(Cc1c(F)cccc1F)C1CCCC1. The minimum atomic E-state index is -0.564. The Balaban J connectivity index is 0.00000208. The van der Waals surface area contributed by atoms with Gasteiger partial charge in [0.1, 0.15) is 11.6 Å². The van der Waals surface area contributed by atoms with Crippen molar-refractivity contribution in [2.75, 3.05) is 13.1 Å². The van der Waals surface area contributed by atoms with Gasteiger partial charge in [-0.2, -0.15) is 0 Å². The molecule has 0 atom stereocenters. The molecule has 1 aliphatic heterocycles. The Morgan fingerprint density at radius 2 is 1.67 bits per heavy atom. The molecule has 1 saturated carbocycles. The van der Waals surface area contributed by atoms with Gasteiger partial charge in [0.25, 0.3) is 0 Å². The van der Waals surface area contributed by atoms with Gasteiger partial charge >= 0.3 is 0 Å². The van der Waals surface area contributed by atoms with Crippen molar-refractivity contribution < 1.29 is 13.6 Å². The van der Waals surface area contributed by atoms with Crippen molar-refractivity contribution in [2.45, 2.75) is 51.1 Å². The number of carbonyl (C=O) groups is 1. The van der Waals surface area contributed by atoms with Gasteiger partial charge in [-0.05, 0) is 50.9 Å². The van der Waals surface area contributed by atoms with Crippen molar-refractivity contribution in [3.63, 3.8) is 0 Å². The van der Waals surface area contributed by atoms with E-state index in [0.717, 1.165) is 51.6 Å². The molecule has 0 aromatic heterocycles. The number of piperidine rings is 1. The molecule has 1 aliphatic carbocycles. The van der Waals surface area contributed by atoms with E-state index < -0.39 is 11.6 Å². The van der Waals surface area contributed by atoms with Crippen molar-refractivity contribution >= 4 is 18.3 Å². The highest BCUT2D eigenvalue weighted by Gasteiger charge is 2.33. The highest BCUT2D eigenvalue weighted by atomic mass is 35.5. The average Bonchev–Trinajstić information content (AvgIpc) is 3.09. The number of amides is 1. The largest absolute Gasteiger partial charge is 0.335 e. The van der Waals surface area contributed by atoms with E-state index >= 15 is 0 Å². The van der Waals surface area contributed by atoms with E-state index in [1.165, 1.54) is 18.2 Å². The van der Waals surface area contributed by atoms with Gasteiger partial charge in [0.2, 0.25) is 5.91 Å². The summed E-state index contributed by atoms with van der Waals surface area (Å²) in [7, 11) is 0. The van der Waals surface area contributed by atoms with Crippen LogP contribution >= 0.6 is 12.4 Å². The quantitative estimate of drug-likeness (QED) is 0.890. The first-order valence-corrected chi connectivity index (χ1v) is 8.61. The minimum Gasteiger partial charge on any atom is -0.335 e. The van der Waals surface area contributed by atoms with Gasteiger partial charge in [0, 0.05) is 17.5 Å². The lowest BCUT2D eigenvalue weighted by Gasteiger charge is -2.34. The van der Waals surface area contributed by atoms with Crippen molar-refractivity contribution in [3.05, 3.63) is 35.4 Å². The number of hydrogen-bond donors (Lipinski definition) is 1. The molecule has 1 heterocycles. The van der Waals surface area contributed by atoms with Crippen molar-refractivity contribution in [1.29, 1.82) is 0 Å². The lowest BCUT2D eigenvalue weighted by atomic mass is 9.95. The van der Waals surface area contributed by atoms with Gasteiger partial charge in [0.15, 0.2) is 0 Å². The zero-order chi connectivity index (χ0) is 16.2. The maximum absolute atomic E-state index is 14.0. The molecule has 1 N–H and O–H groups in total. The average molecular weight is 359 g/mol. The summed E-state index contributed by atoms with van der Waals surface area (Å²) in [6.07, 6.45) is 5.66. The fourth-order valence-electron chi connectivity index (χ4n) is 3.76. The zero-order valence-corrected chi connectivity index (χ0v) is 14.6. The van der Waals surface area contributed by atoms with Crippen LogP contribution in [0.1, 0.15) is 44.1 Å². The zero-order valence-electron chi connectivity index (χ0n) is 13.8. The topological polar surface area (TPSA) is 32.3 Å². The van der Waals surface area contributed by atoms with E-state index in [4.69, 9.17) is 0 Å². The highest BCUT2D eigenvalue weighted by Crippen LogP contribution is 2.29. The number of benzene rings is 1. The fraction of sp³-hybridized carbons (Fsp3) is 0.611. The first-order chi connectivity index (χ1) is 11.2. The second-order valence-corrected chi connectivity index (χ2v) is 6.63. The van der Waals surface area contributed by atoms with E-state index in [9.17, 15) is 13.6 Å². The molecule has 0 spiro atoms. The van der Waals surface area contributed by atoms with Gasteiger partial charge in [-0.3, -0.25) is 4.79 Å². The van der Waals surface area contributed by atoms with Crippen LogP contribution in [0.2, 0.25) is 0 Å². The molecule has 3 rings (SSSR count). The summed E-state index contributed by atoms with van der Waals surface area (Å²) in [5.41, 5.74) is 0.0154. The third kappa shape index (κ3) is 4.25. The number of halogens is 3. The van der Waals surface area contributed by atoms with Crippen LogP contribution in [0.5, 0.6) is 0 Å². The minimum absolute atomic E-state index is 0. The third-order valence-electron chi connectivity index (χ3n) is 5.13. The Bertz CT molecular complexity index is 538. The molecular weight excluding hydrogens is 334 g/mol. The van der Waals surface area contributed by atoms with Crippen LogP contribution in [0.3, 0.4) is 0 Å². The fourth-order valence-corrected chi connectivity index (χ4v) is 3.76. The summed E-state index contributed by atoms with van der Waals surface area (Å²) in [6, 6.07) is 4.01. The van der Waals surface area contributed by atoms with E-state index in [0.29, 0.717) is 0 Å². The van der Waals surface area contributed by atoms with E-state index in [1.807, 2.05) is 0 Å². The van der Waals surface area contributed by atoms with Gasteiger partial charge in [-0.1, -0.05) is 18.9 Å². The van der Waals surface area contributed by atoms with Crippen LogP contribution in [-0.4, -0.2) is 29.9 Å². The first-order valence-electron chi connectivity index (χ1n) is 8.61. The van der Waals surface area contributed by atoms with Crippen molar-refractivity contribution in [1.82, 2.24) is 10.2 Å². The smallest absolute Gasteiger partial charge is 0.226 e. The van der Waals surface area contributed by atoms with Gasteiger partial charge in [0.05, 0.1) is 6.54 Å². The van der Waals surface area contributed by atoms with E-state index in [2.05, 4.69) is 5.32 Å². The van der Waals surface area contributed by atoms with E-state index in [-0.39, 0.29) is 42.4 Å². The first kappa shape index (κ1) is 19.1. The summed E-state index contributed by atoms with van der Waals surface area (Å²) in [5, 5.41) is 3.26. The Hall–Kier alpha value is -1.20. The van der Waals surface area contributed by atoms with Crippen LogP contribution in [0.4, 0.5) is 8.78 Å². The molecule has 1 saturated heterocycles. The highest BCUT2D eigenvalue weighted by molar-refractivity contribution is 5.85. The van der Waals surface area contributed by atoms with Gasteiger partial charge in [-0.15, -0.1) is 12.4 Å². The van der Waals surface area contributed by atoms with Crippen molar-refractivity contribution in [2.24, 2.45) is 5.92 Å². The molecular formula is C18H25ClF2N2O. The normalized spacial score (nSPS) is 19.1. The Labute approximate surface area is 148 Å². The molecule has 2 aliphatic rings. The maximum atomic E-state index is 14.0. The predicted octanol–water partition coefficient (Wildman–Crippen LogP) is 3.66. The third-order valence-corrected chi connectivity index (χ3v) is 5.13. The molecule has 0 unspecified atom stereocenters. The second kappa shape index (κ2) is 8.77. The maximum Gasteiger partial charge on any atom is 0.226 e. The number of hydrogen-bond acceptors (Lipinski definition) is 2. The monoisotopic (exact) mass is 358 g/mol. The lowest BCUT2D eigenvalue weighted by molar-refractivity contribution is -0.139. The van der Waals surface area contributed by atoms with Crippen LogP contribution in [0.25, 0.3) is 0 Å². The molecule has 24 heavy (non-hydrogen) atoms. The molecule has 1 amide bonds. The van der Waals surface area contributed by atoms with Gasteiger partial charge < -0.3 is 10.2 Å². The summed E-state index contributed by atoms with van der Waals surface area (Å²) in [6.45, 7) is 1.72. The van der Waals surface area contributed by atoms with Crippen LogP contribution in [0, 0.1) is 17.6 Å². The number of carbonyl (C=O) groups excluding carboxylic acids is 1. The van der Waals surface area contributed by atoms with Crippen molar-refractivity contribution in [3.8, 4) is 0 Å². The number of nitrogens with zero attached hydrogens (tertiary/aromatic N) is 1.